The molecule has 0 bridgehead atoms. The fourth-order valence-corrected chi connectivity index (χ4v) is 3.17. The van der Waals surface area contributed by atoms with Crippen molar-refractivity contribution >= 4 is 0 Å². The van der Waals surface area contributed by atoms with Crippen LogP contribution >= 0.6 is 0 Å². The SMILES string of the molecule is CC(CNC1CCCC1)N1CCC(C)(C)CC1. The van der Waals surface area contributed by atoms with Crippen molar-refractivity contribution in [1.82, 2.24) is 10.2 Å². The largest absolute Gasteiger partial charge is 0.312 e. The molecule has 0 amide bonds. The Labute approximate surface area is 107 Å². The summed E-state index contributed by atoms with van der Waals surface area (Å²) in [5.41, 5.74) is 0.578. The van der Waals surface area contributed by atoms with Gasteiger partial charge >= 0.3 is 0 Å². The van der Waals surface area contributed by atoms with Crippen LogP contribution in [0.2, 0.25) is 0 Å². The van der Waals surface area contributed by atoms with E-state index < -0.39 is 0 Å². The average Bonchev–Trinajstić information content (AvgIpc) is 2.78. The monoisotopic (exact) mass is 238 g/mol. The fraction of sp³-hybridized carbons (Fsp3) is 1.00. The highest BCUT2D eigenvalue weighted by Crippen LogP contribution is 2.30. The molecule has 2 rings (SSSR count). The van der Waals surface area contributed by atoms with Crippen LogP contribution in [0.3, 0.4) is 0 Å². The molecule has 1 heterocycles. The van der Waals surface area contributed by atoms with Gasteiger partial charge in [-0.25, -0.2) is 0 Å². The standard InChI is InChI=1S/C15H30N2/c1-13(12-16-14-6-4-5-7-14)17-10-8-15(2,3)9-11-17/h13-14,16H,4-12H2,1-3H3. The lowest BCUT2D eigenvalue weighted by atomic mass is 9.82. The Morgan fingerprint density at radius 3 is 2.35 bits per heavy atom. The van der Waals surface area contributed by atoms with Gasteiger partial charge in [0.1, 0.15) is 0 Å². The molecule has 0 spiro atoms. The first-order valence-corrected chi connectivity index (χ1v) is 7.54. The summed E-state index contributed by atoms with van der Waals surface area (Å²) in [4.78, 5) is 2.67. The van der Waals surface area contributed by atoms with Gasteiger partial charge in [0.2, 0.25) is 0 Å². The molecule has 2 heteroatoms. The summed E-state index contributed by atoms with van der Waals surface area (Å²) in [6.07, 6.45) is 8.40. The minimum atomic E-state index is 0.578. The number of hydrogen-bond donors (Lipinski definition) is 1. The number of nitrogens with one attached hydrogen (secondary N) is 1. The Morgan fingerprint density at radius 1 is 1.18 bits per heavy atom. The van der Waals surface area contributed by atoms with Gasteiger partial charge in [-0.3, -0.25) is 4.90 Å². The molecule has 1 aliphatic heterocycles. The first kappa shape index (κ1) is 13.4. The van der Waals surface area contributed by atoms with Crippen LogP contribution in [0, 0.1) is 5.41 Å². The topological polar surface area (TPSA) is 15.3 Å². The first-order valence-electron chi connectivity index (χ1n) is 7.54. The fourth-order valence-electron chi connectivity index (χ4n) is 3.17. The Hall–Kier alpha value is -0.0800. The van der Waals surface area contributed by atoms with Crippen molar-refractivity contribution in [3.05, 3.63) is 0 Å². The zero-order valence-corrected chi connectivity index (χ0v) is 12.0. The van der Waals surface area contributed by atoms with E-state index in [0.717, 1.165) is 6.04 Å². The maximum atomic E-state index is 3.76. The second-order valence-corrected chi connectivity index (χ2v) is 6.94. The van der Waals surface area contributed by atoms with E-state index in [1.54, 1.807) is 0 Å². The van der Waals surface area contributed by atoms with Crippen molar-refractivity contribution in [2.24, 2.45) is 5.41 Å². The quantitative estimate of drug-likeness (QED) is 0.810. The van der Waals surface area contributed by atoms with Crippen molar-refractivity contribution in [1.29, 1.82) is 0 Å². The molecule has 1 N–H and O–H groups in total. The molecule has 0 radical (unpaired) electrons. The zero-order valence-electron chi connectivity index (χ0n) is 12.0. The summed E-state index contributed by atoms with van der Waals surface area (Å²) in [6.45, 7) is 11.0. The Kier molecular flexibility index (Phi) is 4.48. The van der Waals surface area contributed by atoms with Crippen molar-refractivity contribution in [2.45, 2.75) is 71.4 Å². The molecule has 1 aliphatic carbocycles. The summed E-state index contributed by atoms with van der Waals surface area (Å²) in [7, 11) is 0. The lowest BCUT2D eigenvalue weighted by Crippen LogP contribution is -2.47. The lowest BCUT2D eigenvalue weighted by Gasteiger charge is -2.40. The van der Waals surface area contributed by atoms with Crippen LogP contribution < -0.4 is 5.32 Å². The van der Waals surface area contributed by atoms with E-state index in [0.29, 0.717) is 11.5 Å². The van der Waals surface area contributed by atoms with Crippen LogP contribution in [0.25, 0.3) is 0 Å². The van der Waals surface area contributed by atoms with Crippen molar-refractivity contribution in [3.63, 3.8) is 0 Å². The van der Waals surface area contributed by atoms with E-state index in [-0.39, 0.29) is 0 Å². The maximum absolute atomic E-state index is 3.76. The zero-order chi connectivity index (χ0) is 12.3. The second kappa shape index (κ2) is 5.71. The molecule has 1 saturated heterocycles. The molecule has 2 aliphatic rings. The molecule has 2 fully saturated rings. The smallest absolute Gasteiger partial charge is 0.0192 e. The predicted molar refractivity (Wildman–Crippen MR) is 74.3 cm³/mol. The van der Waals surface area contributed by atoms with E-state index in [4.69, 9.17) is 0 Å². The van der Waals surface area contributed by atoms with E-state index in [1.165, 1.54) is 58.2 Å². The highest BCUT2D eigenvalue weighted by molar-refractivity contribution is 4.83. The summed E-state index contributed by atoms with van der Waals surface area (Å²) < 4.78 is 0. The first-order chi connectivity index (χ1) is 8.07. The molecule has 1 saturated carbocycles. The van der Waals surface area contributed by atoms with Crippen LogP contribution in [0.4, 0.5) is 0 Å². The van der Waals surface area contributed by atoms with Gasteiger partial charge in [-0.15, -0.1) is 0 Å². The maximum Gasteiger partial charge on any atom is 0.0192 e. The number of hydrogen-bond acceptors (Lipinski definition) is 2. The van der Waals surface area contributed by atoms with Crippen molar-refractivity contribution in [2.75, 3.05) is 19.6 Å². The van der Waals surface area contributed by atoms with Crippen LogP contribution in [0.1, 0.15) is 59.3 Å². The number of likely N-dealkylation sites (tertiary alicyclic amines) is 1. The van der Waals surface area contributed by atoms with Gasteiger partial charge in [-0.1, -0.05) is 26.7 Å². The van der Waals surface area contributed by atoms with E-state index in [1.807, 2.05) is 0 Å². The molecule has 17 heavy (non-hydrogen) atoms. The number of piperidine rings is 1. The Morgan fingerprint density at radius 2 is 1.76 bits per heavy atom. The van der Waals surface area contributed by atoms with E-state index >= 15 is 0 Å². The van der Waals surface area contributed by atoms with Crippen LogP contribution in [-0.4, -0.2) is 36.6 Å². The molecule has 2 nitrogen and oxygen atoms in total. The van der Waals surface area contributed by atoms with Gasteiger partial charge in [-0.05, 0) is 51.1 Å². The molecule has 0 aromatic heterocycles. The van der Waals surface area contributed by atoms with Crippen molar-refractivity contribution in [3.8, 4) is 0 Å². The normalized spacial score (nSPS) is 28.4. The molecular formula is C15H30N2. The third-order valence-corrected chi connectivity index (χ3v) is 4.83. The molecule has 0 aromatic carbocycles. The van der Waals surface area contributed by atoms with Gasteiger partial charge in [0.15, 0.2) is 0 Å². The summed E-state index contributed by atoms with van der Waals surface area (Å²) in [5, 5.41) is 3.76. The highest BCUT2D eigenvalue weighted by Gasteiger charge is 2.27. The third kappa shape index (κ3) is 3.96. The summed E-state index contributed by atoms with van der Waals surface area (Å²) >= 11 is 0. The minimum Gasteiger partial charge on any atom is -0.312 e. The second-order valence-electron chi connectivity index (χ2n) is 6.94. The van der Waals surface area contributed by atoms with Gasteiger partial charge in [0, 0.05) is 18.6 Å². The van der Waals surface area contributed by atoms with Crippen LogP contribution in [0.15, 0.2) is 0 Å². The lowest BCUT2D eigenvalue weighted by molar-refractivity contribution is 0.0986. The summed E-state index contributed by atoms with van der Waals surface area (Å²) in [5.74, 6) is 0. The number of nitrogens with zero attached hydrogens (tertiary/aromatic N) is 1. The van der Waals surface area contributed by atoms with Crippen molar-refractivity contribution < 1.29 is 0 Å². The molecule has 100 valence electrons. The highest BCUT2D eigenvalue weighted by atomic mass is 15.2. The van der Waals surface area contributed by atoms with Gasteiger partial charge in [-0.2, -0.15) is 0 Å². The molecule has 0 aromatic rings. The van der Waals surface area contributed by atoms with Crippen LogP contribution in [0.5, 0.6) is 0 Å². The minimum absolute atomic E-state index is 0.578. The summed E-state index contributed by atoms with van der Waals surface area (Å²) in [6, 6.07) is 1.53. The third-order valence-electron chi connectivity index (χ3n) is 4.83. The molecule has 1 atom stereocenters. The van der Waals surface area contributed by atoms with E-state index in [2.05, 4.69) is 31.0 Å². The number of rotatable bonds is 4. The van der Waals surface area contributed by atoms with Gasteiger partial charge < -0.3 is 5.32 Å². The Bertz CT molecular complexity index is 221. The van der Waals surface area contributed by atoms with E-state index in [9.17, 15) is 0 Å². The Balaban J connectivity index is 1.67. The molecule has 1 unspecified atom stereocenters. The van der Waals surface area contributed by atoms with Gasteiger partial charge in [0.25, 0.3) is 0 Å². The predicted octanol–water partition coefficient (Wildman–Crippen LogP) is 3.03. The van der Waals surface area contributed by atoms with Gasteiger partial charge in [0.05, 0.1) is 0 Å². The molecular weight excluding hydrogens is 208 g/mol. The average molecular weight is 238 g/mol. The van der Waals surface area contributed by atoms with Crippen LogP contribution in [-0.2, 0) is 0 Å².